The molecule has 1 N–H and O–H groups in total. The van der Waals surface area contributed by atoms with Gasteiger partial charge in [-0.2, -0.15) is 0 Å². The first-order valence-corrected chi connectivity index (χ1v) is 9.25. The van der Waals surface area contributed by atoms with Gasteiger partial charge in [0.05, 0.1) is 19.4 Å². The molecular weight excluding hydrogens is 374 g/mol. The maximum absolute atomic E-state index is 12.6. The lowest BCUT2D eigenvalue weighted by Crippen LogP contribution is -2.30. The van der Waals surface area contributed by atoms with Crippen molar-refractivity contribution in [3.05, 3.63) is 53.8 Å². The molecule has 0 fully saturated rings. The third-order valence-electron chi connectivity index (χ3n) is 4.42. The third kappa shape index (κ3) is 4.34. The summed E-state index contributed by atoms with van der Waals surface area (Å²) < 4.78 is 21.7. The van der Waals surface area contributed by atoms with Crippen molar-refractivity contribution in [2.24, 2.45) is 0 Å². The normalized spacial score (nSPS) is 11.7. The largest absolute Gasteiger partial charge is 0.495 e. The van der Waals surface area contributed by atoms with Crippen molar-refractivity contribution in [1.29, 1.82) is 0 Å². The predicted octanol–water partition coefficient (Wildman–Crippen LogP) is 4.33. The van der Waals surface area contributed by atoms with Crippen LogP contribution in [0.3, 0.4) is 0 Å². The number of hydrogen-bond donors (Lipinski definition) is 1. The summed E-state index contributed by atoms with van der Waals surface area (Å²) in [6, 6.07) is 12.3. The summed E-state index contributed by atoms with van der Waals surface area (Å²) >= 11 is 0. The molecule has 0 spiro atoms. The van der Waals surface area contributed by atoms with Gasteiger partial charge in [-0.1, -0.05) is 12.1 Å². The number of fused-ring (bicyclic) bond motifs is 1. The minimum absolute atomic E-state index is 0.0607. The van der Waals surface area contributed by atoms with Crippen LogP contribution in [0.5, 0.6) is 11.5 Å². The number of anilines is 1. The van der Waals surface area contributed by atoms with Crippen LogP contribution in [0.25, 0.3) is 11.0 Å². The van der Waals surface area contributed by atoms with Crippen LogP contribution in [0.15, 0.2) is 46.9 Å². The van der Waals surface area contributed by atoms with E-state index in [-0.39, 0.29) is 5.76 Å². The fourth-order valence-electron chi connectivity index (χ4n) is 2.90. The Morgan fingerprint density at radius 3 is 2.66 bits per heavy atom. The second-order valence-electron chi connectivity index (χ2n) is 6.38. The van der Waals surface area contributed by atoms with Gasteiger partial charge in [-0.15, -0.1) is 0 Å². The number of esters is 1. The molecule has 29 heavy (non-hydrogen) atoms. The summed E-state index contributed by atoms with van der Waals surface area (Å²) in [6.07, 6.45) is -1.03. The zero-order valence-corrected chi connectivity index (χ0v) is 16.8. The Morgan fingerprint density at radius 1 is 1.17 bits per heavy atom. The molecule has 0 aliphatic carbocycles. The van der Waals surface area contributed by atoms with Gasteiger partial charge in [-0.3, -0.25) is 4.79 Å². The van der Waals surface area contributed by atoms with Gasteiger partial charge in [0.15, 0.2) is 6.10 Å². The van der Waals surface area contributed by atoms with Gasteiger partial charge in [-0.25, -0.2) is 4.79 Å². The number of benzene rings is 2. The van der Waals surface area contributed by atoms with Crippen molar-refractivity contribution < 1.29 is 28.2 Å². The first-order chi connectivity index (χ1) is 13.9. The molecule has 1 amide bonds. The Hall–Kier alpha value is -3.48. The van der Waals surface area contributed by atoms with Gasteiger partial charge in [0.1, 0.15) is 17.1 Å². The van der Waals surface area contributed by atoms with Gasteiger partial charge in [0, 0.05) is 10.9 Å². The van der Waals surface area contributed by atoms with Crippen LogP contribution in [-0.4, -0.2) is 31.7 Å². The van der Waals surface area contributed by atoms with Crippen LogP contribution in [0.2, 0.25) is 0 Å². The van der Waals surface area contributed by atoms with E-state index >= 15 is 0 Å². The molecule has 0 aliphatic rings. The predicted molar refractivity (Wildman–Crippen MR) is 109 cm³/mol. The minimum atomic E-state index is -1.03. The minimum Gasteiger partial charge on any atom is -0.495 e. The summed E-state index contributed by atoms with van der Waals surface area (Å²) in [6.45, 7) is 5.69. The summed E-state index contributed by atoms with van der Waals surface area (Å²) in [5, 5.41) is 3.45. The highest BCUT2D eigenvalue weighted by Crippen LogP contribution is 2.29. The molecule has 2 aromatic carbocycles. The van der Waals surface area contributed by atoms with Gasteiger partial charge in [0.2, 0.25) is 5.76 Å². The molecule has 1 atom stereocenters. The van der Waals surface area contributed by atoms with Crippen molar-refractivity contribution in [3.63, 3.8) is 0 Å². The quantitative estimate of drug-likeness (QED) is 0.597. The van der Waals surface area contributed by atoms with Gasteiger partial charge >= 0.3 is 5.97 Å². The lowest BCUT2D eigenvalue weighted by molar-refractivity contribution is -0.123. The highest BCUT2D eigenvalue weighted by atomic mass is 16.6. The molecule has 0 saturated carbocycles. The van der Waals surface area contributed by atoms with E-state index in [2.05, 4.69) is 5.32 Å². The first kappa shape index (κ1) is 20.3. The molecule has 7 nitrogen and oxygen atoms in total. The van der Waals surface area contributed by atoms with E-state index in [1.807, 2.05) is 13.0 Å². The number of methoxy groups -OCH3 is 1. The molecule has 3 rings (SSSR count). The van der Waals surface area contributed by atoms with Crippen molar-refractivity contribution >= 4 is 28.5 Å². The SMILES string of the molecule is CCOc1ccc2oc(C(=O)O[C@@H](C)C(=O)Nc3ccccc3OC)c(C)c2c1. The summed E-state index contributed by atoms with van der Waals surface area (Å²) in [5.74, 6) is 0.0751. The lowest BCUT2D eigenvalue weighted by atomic mass is 10.1. The Balaban J connectivity index is 1.73. The summed E-state index contributed by atoms with van der Waals surface area (Å²) in [5.41, 5.74) is 1.67. The molecule has 1 heterocycles. The van der Waals surface area contributed by atoms with E-state index in [0.29, 0.717) is 34.9 Å². The molecule has 7 heteroatoms. The van der Waals surface area contributed by atoms with Crippen LogP contribution in [0.4, 0.5) is 5.69 Å². The molecule has 1 aromatic heterocycles. The number of carbonyl (C=O) groups is 2. The standard InChI is InChI=1S/C22H23NO6/c1-5-27-15-10-11-18-16(12-15)13(2)20(29-18)22(25)28-14(3)21(24)23-17-8-6-7-9-19(17)26-4/h6-12,14H,5H2,1-4H3,(H,23,24)/t14-/m0/s1. The van der Waals surface area contributed by atoms with E-state index < -0.39 is 18.0 Å². The van der Waals surface area contributed by atoms with Crippen molar-refractivity contribution in [2.75, 3.05) is 19.0 Å². The molecule has 0 aliphatic heterocycles. The van der Waals surface area contributed by atoms with Gasteiger partial charge in [0.25, 0.3) is 5.91 Å². The van der Waals surface area contributed by atoms with Crippen molar-refractivity contribution in [2.45, 2.75) is 26.9 Å². The first-order valence-electron chi connectivity index (χ1n) is 9.25. The van der Waals surface area contributed by atoms with E-state index in [1.54, 1.807) is 43.3 Å². The number of amides is 1. The molecule has 3 aromatic rings. The number of rotatable bonds is 7. The average Bonchev–Trinajstić information content (AvgIpc) is 3.05. The number of ether oxygens (including phenoxy) is 3. The van der Waals surface area contributed by atoms with E-state index in [0.717, 1.165) is 5.39 Å². The number of furan rings is 1. The maximum Gasteiger partial charge on any atom is 0.375 e. The zero-order valence-electron chi connectivity index (χ0n) is 16.8. The van der Waals surface area contributed by atoms with Crippen LogP contribution in [-0.2, 0) is 9.53 Å². The van der Waals surface area contributed by atoms with E-state index in [9.17, 15) is 9.59 Å². The Labute approximate surface area is 168 Å². The van der Waals surface area contributed by atoms with Crippen molar-refractivity contribution in [1.82, 2.24) is 0 Å². The number of aryl methyl sites for hydroxylation is 1. The smallest absolute Gasteiger partial charge is 0.375 e. The fraction of sp³-hybridized carbons (Fsp3) is 0.273. The lowest BCUT2D eigenvalue weighted by Gasteiger charge is -2.14. The Morgan fingerprint density at radius 2 is 1.93 bits per heavy atom. The Kier molecular flexibility index (Phi) is 6.07. The average molecular weight is 397 g/mol. The van der Waals surface area contributed by atoms with E-state index in [4.69, 9.17) is 18.6 Å². The Bertz CT molecular complexity index is 1040. The molecule has 152 valence electrons. The maximum atomic E-state index is 12.6. The van der Waals surface area contributed by atoms with Crippen LogP contribution < -0.4 is 14.8 Å². The third-order valence-corrected chi connectivity index (χ3v) is 4.42. The monoisotopic (exact) mass is 397 g/mol. The number of hydrogen-bond acceptors (Lipinski definition) is 6. The number of carbonyl (C=O) groups excluding carboxylic acids is 2. The number of para-hydroxylation sites is 2. The summed E-state index contributed by atoms with van der Waals surface area (Å²) in [7, 11) is 1.51. The second kappa shape index (κ2) is 8.68. The van der Waals surface area contributed by atoms with Crippen LogP contribution in [0, 0.1) is 6.92 Å². The zero-order chi connectivity index (χ0) is 21.0. The van der Waals surface area contributed by atoms with Gasteiger partial charge in [-0.05, 0) is 51.1 Å². The molecule has 0 saturated heterocycles. The highest BCUT2D eigenvalue weighted by molar-refractivity contribution is 6.00. The summed E-state index contributed by atoms with van der Waals surface area (Å²) in [4.78, 5) is 25.0. The molecule has 0 unspecified atom stereocenters. The van der Waals surface area contributed by atoms with E-state index in [1.165, 1.54) is 14.0 Å². The van der Waals surface area contributed by atoms with Crippen LogP contribution in [0.1, 0.15) is 30.0 Å². The molecular formula is C22H23NO6. The van der Waals surface area contributed by atoms with Crippen molar-refractivity contribution in [3.8, 4) is 11.5 Å². The van der Waals surface area contributed by atoms with Gasteiger partial charge < -0.3 is 23.9 Å². The second-order valence-corrected chi connectivity index (χ2v) is 6.38. The fourth-order valence-corrected chi connectivity index (χ4v) is 2.90. The highest BCUT2D eigenvalue weighted by Gasteiger charge is 2.25. The molecule has 0 radical (unpaired) electrons. The molecule has 0 bridgehead atoms. The topological polar surface area (TPSA) is 87.0 Å². The number of nitrogens with one attached hydrogen (secondary N) is 1. The van der Waals surface area contributed by atoms with Crippen LogP contribution >= 0.6 is 0 Å².